The average molecular weight is 390 g/mol. The van der Waals surface area contributed by atoms with E-state index in [1.807, 2.05) is 35.2 Å². The maximum Gasteiger partial charge on any atom is 0.414 e. The minimum atomic E-state index is -1.82. The smallest absolute Gasteiger partial charge is 0.414 e. The first-order chi connectivity index (χ1) is 13.3. The molecule has 1 atom stereocenters. The molecule has 3 rings (SSSR count). The number of carbonyl (C=O) groups is 3. The lowest BCUT2D eigenvalue weighted by molar-refractivity contribution is -0.159. The largest absolute Gasteiger partial charge is 0.473 e. The fourth-order valence-electron chi connectivity index (χ4n) is 2.69. The molecule has 0 spiro atoms. The van der Waals surface area contributed by atoms with Crippen LogP contribution in [0, 0.1) is 0 Å². The zero-order valence-electron chi connectivity index (χ0n) is 15.6. The number of aromatic nitrogens is 2. The molecule has 1 aliphatic rings. The van der Waals surface area contributed by atoms with Crippen molar-refractivity contribution in [3.05, 3.63) is 36.2 Å². The molecule has 150 valence electrons. The Hall–Kier alpha value is -3.27. The summed E-state index contributed by atoms with van der Waals surface area (Å²) in [6.45, 7) is 6.82. The van der Waals surface area contributed by atoms with Gasteiger partial charge in [0, 0.05) is 38.7 Å². The van der Waals surface area contributed by atoms with Gasteiger partial charge in [0.15, 0.2) is 0 Å². The van der Waals surface area contributed by atoms with E-state index in [4.69, 9.17) is 24.3 Å². The number of carboxylic acids is 2. The first-order valence-electron chi connectivity index (χ1n) is 8.64. The molecule has 10 nitrogen and oxygen atoms in total. The summed E-state index contributed by atoms with van der Waals surface area (Å²) in [5.41, 5.74) is 0.950. The highest BCUT2D eigenvalue weighted by Gasteiger charge is 2.26. The van der Waals surface area contributed by atoms with Gasteiger partial charge in [-0.2, -0.15) is 4.98 Å². The highest BCUT2D eigenvalue weighted by molar-refractivity contribution is 6.27. The molecule has 1 amide bonds. The number of aliphatic carboxylic acids is 2. The molecule has 0 bridgehead atoms. The van der Waals surface area contributed by atoms with E-state index in [-0.39, 0.29) is 11.9 Å². The standard InChI is InChI=1S/C16H20N4O2.C2H2O4/c1-12(19-8-10-20(11-9-19)13(2)21)16-17-15(18-22-16)14-6-4-3-5-7-14;3-1(4)2(5)6/h3-7,12H,8-11H2,1-2H3;(H,3,4)(H,5,6). The third-order valence-corrected chi connectivity index (χ3v) is 4.32. The van der Waals surface area contributed by atoms with Crippen LogP contribution >= 0.6 is 0 Å². The van der Waals surface area contributed by atoms with Crippen molar-refractivity contribution in [2.75, 3.05) is 26.2 Å². The van der Waals surface area contributed by atoms with E-state index >= 15 is 0 Å². The highest BCUT2D eigenvalue weighted by atomic mass is 16.5. The second-order valence-corrected chi connectivity index (χ2v) is 6.15. The molecule has 1 aromatic carbocycles. The first kappa shape index (κ1) is 21.0. The number of carbonyl (C=O) groups excluding carboxylic acids is 1. The maximum absolute atomic E-state index is 11.4. The molecule has 2 heterocycles. The molecule has 0 aliphatic carbocycles. The van der Waals surface area contributed by atoms with Gasteiger partial charge in [0.05, 0.1) is 6.04 Å². The number of hydrogen-bond donors (Lipinski definition) is 2. The summed E-state index contributed by atoms with van der Waals surface area (Å²) in [6, 6.07) is 9.85. The Morgan fingerprint density at radius 1 is 1.04 bits per heavy atom. The van der Waals surface area contributed by atoms with Crippen molar-refractivity contribution in [2.45, 2.75) is 19.9 Å². The van der Waals surface area contributed by atoms with Crippen molar-refractivity contribution in [3.8, 4) is 11.4 Å². The minimum Gasteiger partial charge on any atom is -0.473 e. The first-order valence-corrected chi connectivity index (χ1v) is 8.64. The van der Waals surface area contributed by atoms with Gasteiger partial charge >= 0.3 is 11.9 Å². The van der Waals surface area contributed by atoms with Crippen LogP contribution in [0.15, 0.2) is 34.9 Å². The molecule has 28 heavy (non-hydrogen) atoms. The summed E-state index contributed by atoms with van der Waals surface area (Å²) in [7, 11) is 0. The van der Waals surface area contributed by atoms with Gasteiger partial charge in [-0.3, -0.25) is 9.69 Å². The van der Waals surface area contributed by atoms with Crippen LogP contribution in [0.1, 0.15) is 25.8 Å². The Kier molecular flexibility index (Phi) is 7.21. The van der Waals surface area contributed by atoms with Gasteiger partial charge < -0.3 is 19.6 Å². The summed E-state index contributed by atoms with van der Waals surface area (Å²) < 4.78 is 5.43. The molecule has 10 heteroatoms. The fraction of sp³-hybridized carbons (Fsp3) is 0.389. The quantitative estimate of drug-likeness (QED) is 0.738. The van der Waals surface area contributed by atoms with Crippen molar-refractivity contribution >= 4 is 17.8 Å². The zero-order valence-corrected chi connectivity index (χ0v) is 15.6. The minimum absolute atomic E-state index is 0.0547. The summed E-state index contributed by atoms with van der Waals surface area (Å²) in [4.78, 5) is 38.2. The molecule has 1 fully saturated rings. The Bertz CT molecular complexity index is 802. The predicted octanol–water partition coefficient (Wildman–Crippen LogP) is 1.12. The van der Waals surface area contributed by atoms with Crippen molar-refractivity contribution in [2.24, 2.45) is 0 Å². The molecular weight excluding hydrogens is 368 g/mol. The van der Waals surface area contributed by atoms with Gasteiger partial charge in [0.25, 0.3) is 0 Å². The van der Waals surface area contributed by atoms with Gasteiger partial charge in [-0.25, -0.2) is 9.59 Å². The molecule has 1 unspecified atom stereocenters. The third-order valence-electron chi connectivity index (χ3n) is 4.32. The van der Waals surface area contributed by atoms with E-state index in [0.717, 1.165) is 31.7 Å². The zero-order chi connectivity index (χ0) is 20.7. The normalized spacial score (nSPS) is 15.3. The Morgan fingerprint density at radius 3 is 2.11 bits per heavy atom. The summed E-state index contributed by atoms with van der Waals surface area (Å²) in [6.07, 6.45) is 0. The Labute approximate surface area is 161 Å². The van der Waals surface area contributed by atoms with Crippen LogP contribution in [0.2, 0.25) is 0 Å². The van der Waals surface area contributed by atoms with Crippen molar-refractivity contribution < 1.29 is 29.1 Å². The second-order valence-electron chi connectivity index (χ2n) is 6.15. The van der Waals surface area contributed by atoms with Crippen LogP contribution < -0.4 is 0 Å². The van der Waals surface area contributed by atoms with E-state index in [0.29, 0.717) is 11.7 Å². The number of rotatable bonds is 3. The van der Waals surface area contributed by atoms with Crippen LogP contribution in [0.3, 0.4) is 0 Å². The van der Waals surface area contributed by atoms with Crippen LogP contribution in [0.5, 0.6) is 0 Å². The third kappa shape index (κ3) is 5.61. The van der Waals surface area contributed by atoms with Gasteiger partial charge in [-0.15, -0.1) is 0 Å². The highest BCUT2D eigenvalue weighted by Crippen LogP contribution is 2.23. The molecule has 1 aromatic heterocycles. The van der Waals surface area contributed by atoms with Crippen LogP contribution in [0.25, 0.3) is 11.4 Å². The number of hydrogen-bond acceptors (Lipinski definition) is 7. The molecule has 2 N–H and O–H groups in total. The van der Waals surface area contributed by atoms with E-state index in [9.17, 15) is 4.79 Å². The molecule has 0 radical (unpaired) electrons. The van der Waals surface area contributed by atoms with E-state index in [2.05, 4.69) is 22.0 Å². The number of benzene rings is 1. The SMILES string of the molecule is CC(=O)N1CCN(C(C)c2nc(-c3ccccc3)no2)CC1.O=C(O)C(=O)O. The van der Waals surface area contributed by atoms with Crippen LogP contribution in [-0.4, -0.2) is 74.2 Å². The molecular formula is C18H22N4O6. The molecule has 1 aliphatic heterocycles. The number of carboxylic acid groups (broad SMARTS) is 2. The lowest BCUT2D eigenvalue weighted by Crippen LogP contribution is -2.48. The maximum atomic E-state index is 11.4. The van der Waals surface area contributed by atoms with Gasteiger partial charge in [0.1, 0.15) is 0 Å². The summed E-state index contributed by atoms with van der Waals surface area (Å²) in [5.74, 6) is -2.28. The lowest BCUT2D eigenvalue weighted by Gasteiger charge is -2.36. The molecule has 1 saturated heterocycles. The van der Waals surface area contributed by atoms with Crippen LogP contribution in [0.4, 0.5) is 0 Å². The topological polar surface area (TPSA) is 137 Å². The van der Waals surface area contributed by atoms with Gasteiger partial charge in [-0.1, -0.05) is 35.5 Å². The van der Waals surface area contributed by atoms with Crippen molar-refractivity contribution in [1.82, 2.24) is 19.9 Å². The van der Waals surface area contributed by atoms with Crippen molar-refractivity contribution in [3.63, 3.8) is 0 Å². The van der Waals surface area contributed by atoms with E-state index in [1.165, 1.54) is 0 Å². The Balaban J connectivity index is 0.000000409. The summed E-state index contributed by atoms with van der Waals surface area (Å²) >= 11 is 0. The number of nitrogens with zero attached hydrogens (tertiary/aromatic N) is 4. The van der Waals surface area contributed by atoms with Crippen LogP contribution in [-0.2, 0) is 14.4 Å². The van der Waals surface area contributed by atoms with E-state index in [1.54, 1.807) is 6.92 Å². The average Bonchev–Trinajstić information content (AvgIpc) is 3.19. The second kappa shape index (κ2) is 9.60. The fourth-order valence-corrected chi connectivity index (χ4v) is 2.69. The number of amides is 1. The predicted molar refractivity (Wildman–Crippen MR) is 97.2 cm³/mol. The van der Waals surface area contributed by atoms with E-state index < -0.39 is 11.9 Å². The van der Waals surface area contributed by atoms with Gasteiger partial charge in [0.2, 0.25) is 17.6 Å². The monoisotopic (exact) mass is 390 g/mol. The molecule has 0 saturated carbocycles. The van der Waals surface area contributed by atoms with Crippen molar-refractivity contribution in [1.29, 1.82) is 0 Å². The molecule has 2 aromatic rings. The number of piperazine rings is 1. The summed E-state index contributed by atoms with van der Waals surface area (Å²) in [5, 5.41) is 18.9. The lowest BCUT2D eigenvalue weighted by atomic mass is 10.2. The Morgan fingerprint density at radius 2 is 1.61 bits per heavy atom. The van der Waals surface area contributed by atoms with Gasteiger partial charge in [-0.05, 0) is 6.92 Å².